The van der Waals surface area contributed by atoms with Gasteiger partial charge in [0, 0.05) is 15.9 Å². The molecule has 0 radical (unpaired) electrons. The molecular weight excluding hydrogens is 282 g/mol. The summed E-state index contributed by atoms with van der Waals surface area (Å²) in [6, 6.07) is 8.17. The van der Waals surface area contributed by atoms with E-state index in [0.29, 0.717) is 6.42 Å². The Balaban J connectivity index is 2.46. The Morgan fingerprint density at radius 2 is 1.95 bits per heavy atom. The van der Waals surface area contributed by atoms with Crippen molar-refractivity contribution in [1.82, 2.24) is 4.98 Å². The first kappa shape index (κ1) is 15.7. The molecule has 0 bridgehead atoms. The molecule has 0 saturated carbocycles. The number of benzene rings is 1. The topological polar surface area (TPSA) is 50.2 Å². The number of aryl methyl sites for hydroxylation is 2. The number of thiazole rings is 1. The molecule has 0 spiro atoms. The van der Waals surface area contributed by atoms with Crippen molar-refractivity contribution in [2.75, 3.05) is 0 Å². The molecule has 112 valence electrons. The van der Waals surface area contributed by atoms with Crippen molar-refractivity contribution in [2.45, 2.75) is 46.0 Å². The van der Waals surface area contributed by atoms with E-state index in [1.165, 1.54) is 5.56 Å². The number of nitrogens with zero attached hydrogens (tertiary/aromatic N) is 1. The Kier molecular flexibility index (Phi) is 4.47. The second kappa shape index (κ2) is 5.98. The minimum Gasteiger partial charge on any atom is -0.481 e. The summed E-state index contributed by atoms with van der Waals surface area (Å²) in [7, 11) is 0. The zero-order valence-electron chi connectivity index (χ0n) is 12.9. The third-order valence-corrected chi connectivity index (χ3v) is 4.50. The summed E-state index contributed by atoms with van der Waals surface area (Å²) in [5.74, 6) is -0.763. The fraction of sp³-hybridized carbons (Fsp3) is 0.412. The van der Waals surface area contributed by atoms with Crippen molar-refractivity contribution >= 4 is 17.3 Å². The van der Waals surface area contributed by atoms with Crippen LogP contribution in [0.2, 0.25) is 0 Å². The first-order valence-corrected chi connectivity index (χ1v) is 7.88. The summed E-state index contributed by atoms with van der Waals surface area (Å²) >= 11 is 1.62. The maximum atomic E-state index is 10.8. The monoisotopic (exact) mass is 303 g/mol. The lowest BCUT2D eigenvalue weighted by molar-refractivity contribution is -0.136. The molecule has 1 aromatic carbocycles. The number of carboxylic acids is 1. The van der Waals surface area contributed by atoms with Crippen LogP contribution >= 0.6 is 11.3 Å². The van der Waals surface area contributed by atoms with Crippen LogP contribution in [0, 0.1) is 6.92 Å². The maximum absolute atomic E-state index is 10.8. The second-order valence-electron chi connectivity index (χ2n) is 6.25. The number of aliphatic carboxylic acids is 1. The molecule has 0 atom stereocenters. The minimum atomic E-state index is -0.763. The van der Waals surface area contributed by atoms with E-state index in [9.17, 15) is 4.79 Å². The minimum absolute atomic E-state index is 0.0781. The second-order valence-corrected chi connectivity index (χ2v) is 7.33. The molecule has 0 amide bonds. The number of rotatable bonds is 4. The lowest BCUT2D eigenvalue weighted by Crippen LogP contribution is -2.14. The van der Waals surface area contributed by atoms with Gasteiger partial charge in [-0.1, -0.05) is 45.0 Å². The molecule has 2 aromatic rings. The Labute approximate surface area is 129 Å². The van der Waals surface area contributed by atoms with Gasteiger partial charge in [0.1, 0.15) is 5.01 Å². The average Bonchev–Trinajstić information content (AvgIpc) is 2.81. The Morgan fingerprint density at radius 1 is 1.29 bits per heavy atom. The highest BCUT2D eigenvalue weighted by molar-refractivity contribution is 7.15. The smallest absolute Gasteiger partial charge is 0.303 e. The molecule has 1 N–H and O–H groups in total. The standard InChI is InChI=1S/C17H21NO2S/c1-11-7-5-6-8-12(11)16-18-15(17(2,3)4)13(21-16)9-10-14(19)20/h5-8H,9-10H2,1-4H3,(H,19,20). The van der Waals surface area contributed by atoms with Crippen LogP contribution in [0.5, 0.6) is 0 Å². The lowest BCUT2D eigenvalue weighted by atomic mass is 9.90. The SMILES string of the molecule is Cc1ccccc1-c1nc(C(C)(C)C)c(CCC(=O)O)s1. The van der Waals surface area contributed by atoms with Gasteiger partial charge in [-0.3, -0.25) is 4.79 Å². The Morgan fingerprint density at radius 3 is 2.52 bits per heavy atom. The fourth-order valence-electron chi connectivity index (χ4n) is 2.26. The van der Waals surface area contributed by atoms with E-state index >= 15 is 0 Å². The molecule has 1 aromatic heterocycles. The largest absolute Gasteiger partial charge is 0.481 e. The highest BCUT2D eigenvalue weighted by Gasteiger charge is 2.24. The summed E-state index contributed by atoms with van der Waals surface area (Å²) in [4.78, 5) is 16.8. The molecule has 0 fully saturated rings. The quantitative estimate of drug-likeness (QED) is 0.908. The van der Waals surface area contributed by atoms with Gasteiger partial charge >= 0.3 is 5.97 Å². The van der Waals surface area contributed by atoms with Crippen molar-refractivity contribution in [3.63, 3.8) is 0 Å². The van der Waals surface area contributed by atoms with Crippen LogP contribution in [0.1, 0.15) is 43.3 Å². The zero-order chi connectivity index (χ0) is 15.6. The predicted octanol–water partition coefficient (Wildman–Crippen LogP) is 4.43. The number of carboxylic acid groups (broad SMARTS) is 1. The molecule has 4 heteroatoms. The molecule has 3 nitrogen and oxygen atoms in total. The fourth-order valence-corrected chi connectivity index (χ4v) is 3.62. The van der Waals surface area contributed by atoms with Crippen molar-refractivity contribution in [2.24, 2.45) is 0 Å². The normalized spacial score (nSPS) is 11.6. The molecule has 21 heavy (non-hydrogen) atoms. The first-order valence-electron chi connectivity index (χ1n) is 7.07. The summed E-state index contributed by atoms with van der Waals surface area (Å²) in [5.41, 5.74) is 3.27. The van der Waals surface area contributed by atoms with Crippen molar-refractivity contribution in [3.8, 4) is 10.6 Å². The van der Waals surface area contributed by atoms with E-state index in [4.69, 9.17) is 10.1 Å². The highest BCUT2D eigenvalue weighted by Crippen LogP contribution is 2.36. The Hall–Kier alpha value is -1.68. The molecule has 0 unspecified atom stereocenters. The van der Waals surface area contributed by atoms with Crippen LogP contribution in [0.25, 0.3) is 10.6 Å². The van der Waals surface area contributed by atoms with E-state index in [1.54, 1.807) is 11.3 Å². The van der Waals surface area contributed by atoms with Crippen LogP contribution in [0.4, 0.5) is 0 Å². The van der Waals surface area contributed by atoms with Gasteiger partial charge in [0.15, 0.2) is 0 Å². The number of aromatic nitrogens is 1. The van der Waals surface area contributed by atoms with E-state index in [1.807, 2.05) is 12.1 Å². The Bertz CT molecular complexity index is 653. The lowest BCUT2D eigenvalue weighted by Gasteiger charge is -2.17. The van der Waals surface area contributed by atoms with Crippen LogP contribution in [-0.4, -0.2) is 16.1 Å². The van der Waals surface area contributed by atoms with Gasteiger partial charge in [0.2, 0.25) is 0 Å². The predicted molar refractivity (Wildman–Crippen MR) is 86.9 cm³/mol. The first-order chi connectivity index (χ1) is 9.79. The van der Waals surface area contributed by atoms with Crippen LogP contribution in [-0.2, 0) is 16.6 Å². The third-order valence-electron chi connectivity index (χ3n) is 3.35. The van der Waals surface area contributed by atoms with Crippen LogP contribution in [0.3, 0.4) is 0 Å². The van der Waals surface area contributed by atoms with Gasteiger partial charge in [0.25, 0.3) is 0 Å². The maximum Gasteiger partial charge on any atom is 0.303 e. The van der Waals surface area contributed by atoms with E-state index in [-0.39, 0.29) is 11.8 Å². The van der Waals surface area contributed by atoms with Crippen LogP contribution < -0.4 is 0 Å². The molecule has 0 aliphatic rings. The molecule has 0 aliphatic carbocycles. The van der Waals surface area contributed by atoms with Gasteiger partial charge in [-0.2, -0.15) is 0 Å². The highest BCUT2D eigenvalue weighted by atomic mass is 32.1. The number of hydrogen-bond acceptors (Lipinski definition) is 3. The molecule has 0 aliphatic heterocycles. The molecule has 0 saturated heterocycles. The molecule has 1 heterocycles. The summed E-state index contributed by atoms with van der Waals surface area (Å²) in [6.45, 7) is 8.43. The van der Waals surface area contributed by atoms with E-state index in [0.717, 1.165) is 21.1 Å². The van der Waals surface area contributed by atoms with E-state index < -0.39 is 5.97 Å². The van der Waals surface area contributed by atoms with Gasteiger partial charge in [-0.15, -0.1) is 11.3 Å². The van der Waals surface area contributed by atoms with E-state index in [2.05, 4.69) is 39.8 Å². The number of hydrogen-bond donors (Lipinski definition) is 1. The summed E-state index contributed by atoms with van der Waals surface area (Å²) < 4.78 is 0. The van der Waals surface area contributed by atoms with Crippen molar-refractivity contribution in [1.29, 1.82) is 0 Å². The van der Waals surface area contributed by atoms with Gasteiger partial charge in [-0.25, -0.2) is 4.98 Å². The van der Waals surface area contributed by atoms with Gasteiger partial charge < -0.3 is 5.11 Å². The number of carbonyl (C=O) groups is 1. The third kappa shape index (κ3) is 3.70. The average molecular weight is 303 g/mol. The zero-order valence-corrected chi connectivity index (χ0v) is 13.8. The van der Waals surface area contributed by atoms with Crippen molar-refractivity contribution < 1.29 is 9.90 Å². The molecular formula is C17H21NO2S. The summed E-state index contributed by atoms with van der Waals surface area (Å²) in [5, 5.41) is 9.91. The van der Waals surface area contributed by atoms with Crippen LogP contribution in [0.15, 0.2) is 24.3 Å². The molecule has 2 rings (SSSR count). The van der Waals surface area contributed by atoms with Crippen molar-refractivity contribution in [3.05, 3.63) is 40.4 Å². The van der Waals surface area contributed by atoms with Gasteiger partial charge in [-0.05, 0) is 18.9 Å². The summed E-state index contributed by atoms with van der Waals surface area (Å²) in [6.07, 6.45) is 0.698. The van der Waals surface area contributed by atoms with Gasteiger partial charge in [0.05, 0.1) is 12.1 Å².